The Kier molecular flexibility index (Phi) is 13.3. The summed E-state index contributed by atoms with van der Waals surface area (Å²) >= 11 is 0. The summed E-state index contributed by atoms with van der Waals surface area (Å²) in [6, 6.07) is 0. The maximum absolute atomic E-state index is 8.74. The van der Waals surface area contributed by atoms with Gasteiger partial charge in [0.2, 0.25) is 0 Å². The van der Waals surface area contributed by atoms with E-state index in [1.165, 1.54) is 0 Å². The molecule has 0 aliphatic heterocycles. The Balaban J connectivity index is -0.0000000800. The van der Waals surface area contributed by atoms with Gasteiger partial charge in [0.15, 0.2) is 0 Å². The number of rotatable bonds is 0. The van der Waals surface area contributed by atoms with Gasteiger partial charge in [-0.1, -0.05) is 0 Å². The summed E-state index contributed by atoms with van der Waals surface area (Å²) in [7, 11) is -4.67. The van der Waals surface area contributed by atoms with Crippen LogP contribution in [0.4, 0.5) is 0 Å². The second-order valence-electron chi connectivity index (χ2n) is 0.448. The molecule has 2 N–H and O–H groups in total. The fraction of sp³-hybridized carbons (Fsp3) is 0. The molecule has 0 radical (unpaired) electrons. The van der Waals surface area contributed by atoms with Gasteiger partial charge in [0.05, 0.1) is 0 Å². The Morgan fingerprint density at radius 2 is 1.14 bits per heavy atom. The molecule has 0 aromatic rings. The Morgan fingerprint density at radius 1 is 1.14 bits per heavy atom. The first-order valence-corrected chi connectivity index (χ1v) is 2.10. The first kappa shape index (κ1) is 15.9. The van der Waals surface area contributed by atoms with Gasteiger partial charge in [-0.25, -0.2) is 0 Å². The van der Waals surface area contributed by atoms with Gasteiger partial charge in [0.25, 0.3) is 0 Å². The number of hydrogen-bond donors (Lipinski definition) is 2. The van der Waals surface area contributed by atoms with Crippen LogP contribution in [-0.4, -0.2) is 79.9 Å². The molecule has 0 saturated heterocycles. The van der Waals surface area contributed by atoms with Gasteiger partial charge in [0.1, 0.15) is 0 Å². The quantitative estimate of drug-likeness (QED) is 0.305. The van der Waals surface area contributed by atoms with Crippen LogP contribution >= 0.6 is 0 Å². The van der Waals surface area contributed by atoms with Crippen molar-refractivity contribution in [2.75, 3.05) is 0 Å². The first-order valence-electron chi connectivity index (χ1n) is 0.698. The topological polar surface area (TPSA) is 74.6 Å². The molecule has 0 aliphatic rings. The van der Waals surface area contributed by atoms with E-state index in [9.17, 15) is 0 Å². The second kappa shape index (κ2) is 5.85. The van der Waals surface area contributed by atoms with Crippen molar-refractivity contribution in [1.29, 1.82) is 0 Å². The Hall–Kier alpha value is 1.72. The molecular formula is H7KO4SSi. The van der Waals surface area contributed by atoms with Gasteiger partial charge in [0, 0.05) is 0 Å². The summed E-state index contributed by atoms with van der Waals surface area (Å²) in [6.07, 6.45) is 0. The van der Waals surface area contributed by atoms with E-state index in [0.29, 0.717) is 0 Å². The molecule has 0 aromatic carbocycles. The molecule has 4 nitrogen and oxygen atoms in total. The van der Waals surface area contributed by atoms with Crippen LogP contribution in [-0.2, 0) is 10.4 Å². The van der Waals surface area contributed by atoms with Gasteiger partial charge < -0.3 is 0 Å². The molecule has 0 amide bonds. The molecule has 0 unspecified atom stereocenters. The van der Waals surface area contributed by atoms with Crippen molar-refractivity contribution in [2.24, 2.45) is 0 Å². The van der Waals surface area contributed by atoms with Crippen molar-refractivity contribution >= 4 is 72.7 Å². The molecule has 42 valence electrons. The third-order valence-corrected chi connectivity index (χ3v) is 0. The van der Waals surface area contributed by atoms with Gasteiger partial charge in [-0.15, -0.1) is 0 Å². The third kappa shape index (κ3) is 85.2. The van der Waals surface area contributed by atoms with Crippen molar-refractivity contribution in [2.45, 2.75) is 0 Å². The van der Waals surface area contributed by atoms with E-state index in [2.05, 4.69) is 0 Å². The fourth-order valence-electron chi connectivity index (χ4n) is 0. The van der Waals surface area contributed by atoms with Crippen molar-refractivity contribution in [3.8, 4) is 0 Å². The Morgan fingerprint density at radius 3 is 1.14 bits per heavy atom. The number of hydrogen-bond acceptors (Lipinski definition) is 2. The van der Waals surface area contributed by atoms with Crippen molar-refractivity contribution in [3.05, 3.63) is 0 Å². The van der Waals surface area contributed by atoms with Crippen molar-refractivity contribution < 1.29 is 17.5 Å². The molecule has 0 atom stereocenters. The Bertz CT molecular complexity index is 94.9. The summed E-state index contributed by atoms with van der Waals surface area (Å²) in [4.78, 5) is 0. The van der Waals surface area contributed by atoms with Crippen LogP contribution in [0.15, 0.2) is 0 Å². The smallest absolute Gasteiger partial charge is 0.0149 e. The zero-order chi connectivity index (χ0) is 4.50. The van der Waals surface area contributed by atoms with E-state index in [1.54, 1.807) is 0 Å². The van der Waals surface area contributed by atoms with Gasteiger partial charge in [-0.05, 0) is 11.0 Å². The van der Waals surface area contributed by atoms with Gasteiger partial charge >= 0.3 is 61.8 Å². The van der Waals surface area contributed by atoms with Crippen LogP contribution in [0.3, 0.4) is 0 Å². The zero-order valence-corrected chi connectivity index (χ0v) is 2.94. The summed E-state index contributed by atoms with van der Waals surface area (Å²) < 4.78 is 31.6. The molecule has 7 heavy (non-hydrogen) atoms. The average molecular weight is 170 g/mol. The SMILES string of the molecule is O=S(=O)(O)O.[KH].[SiH4]. The maximum atomic E-state index is 8.74. The van der Waals surface area contributed by atoms with E-state index in [0.717, 1.165) is 0 Å². The molecule has 0 heterocycles. The third-order valence-electron chi connectivity index (χ3n) is 0. The zero-order valence-electron chi connectivity index (χ0n) is 2.12. The van der Waals surface area contributed by atoms with E-state index >= 15 is 0 Å². The summed E-state index contributed by atoms with van der Waals surface area (Å²) in [5, 5.41) is 0. The van der Waals surface area contributed by atoms with Crippen LogP contribution in [0.25, 0.3) is 0 Å². The summed E-state index contributed by atoms with van der Waals surface area (Å²) in [6.45, 7) is 0. The molecular weight excluding hydrogens is 163 g/mol. The largest absolute Gasteiger partial charge is 0.0149 e. The van der Waals surface area contributed by atoms with Gasteiger partial charge in [-0.2, -0.15) is 8.42 Å². The minimum Gasteiger partial charge on any atom is -0.0149 e. The summed E-state index contributed by atoms with van der Waals surface area (Å²) in [5.74, 6) is 0. The standard InChI is InChI=1S/K.H2O4S.H4Si.H/c;1-5(2,3)4;;/h;(H2,1,2,3,4);1H4;. The monoisotopic (exact) mass is 170 g/mol. The van der Waals surface area contributed by atoms with Crippen LogP contribution in [0.1, 0.15) is 0 Å². The molecule has 0 bridgehead atoms. The molecule has 7 heteroatoms. The Labute approximate surface area is 88.7 Å². The average Bonchev–Trinajstić information content (AvgIpc) is 0.722. The van der Waals surface area contributed by atoms with Crippen LogP contribution in [0.5, 0.6) is 0 Å². The van der Waals surface area contributed by atoms with Gasteiger partial charge in [-0.3, -0.25) is 9.11 Å². The van der Waals surface area contributed by atoms with E-state index in [-0.39, 0.29) is 62.3 Å². The molecule has 0 rings (SSSR count). The van der Waals surface area contributed by atoms with Crippen LogP contribution in [0, 0.1) is 0 Å². The fourth-order valence-corrected chi connectivity index (χ4v) is 0. The molecule has 0 spiro atoms. The van der Waals surface area contributed by atoms with E-state index in [4.69, 9.17) is 17.5 Å². The molecule has 0 saturated carbocycles. The maximum Gasteiger partial charge on any atom is -0.0149 e. The van der Waals surface area contributed by atoms with Crippen LogP contribution in [0.2, 0.25) is 0 Å². The molecule has 0 fully saturated rings. The predicted octanol–water partition coefficient (Wildman–Crippen LogP) is -2.75. The first-order chi connectivity index (χ1) is 2.00. The van der Waals surface area contributed by atoms with Crippen molar-refractivity contribution in [1.82, 2.24) is 0 Å². The van der Waals surface area contributed by atoms with Crippen LogP contribution < -0.4 is 0 Å². The predicted molar refractivity (Wildman–Crippen MR) is 32.7 cm³/mol. The summed E-state index contributed by atoms with van der Waals surface area (Å²) in [5.41, 5.74) is 0. The normalized spacial score (nSPS) is 8.29. The van der Waals surface area contributed by atoms with E-state index < -0.39 is 10.4 Å². The minimum atomic E-state index is -4.67. The second-order valence-corrected chi connectivity index (χ2v) is 1.34. The van der Waals surface area contributed by atoms with Crippen molar-refractivity contribution in [3.63, 3.8) is 0 Å². The molecule has 0 aliphatic carbocycles. The molecule has 0 aromatic heterocycles. The van der Waals surface area contributed by atoms with E-state index in [1.807, 2.05) is 0 Å². The minimum absolute atomic E-state index is 0.